The number of carbonyl (C=O) groups is 2. The number of aryl methyl sites for hydroxylation is 1. The van der Waals surface area contributed by atoms with Crippen LogP contribution in [0.5, 0.6) is 0 Å². The number of carbonyl (C=O) groups excluding carboxylic acids is 1. The summed E-state index contributed by atoms with van der Waals surface area (Å²) in [6.07, 6.45) is 2.83. The van der Waals surface area contributed by atoms with Gasteiger partial charge in [-0.15, -0.1) is 0 Å². The van der Waals surface area contributed by atoms with Crippen molar-refractivity contribution in [3.05, 3.63) is 35.4 Å². The van der Waals surface area contributed by atoms with Crippen LogP contribution in [0.2, 0.25) is 0 Å². The summed E-state index contributed by atoms with van der Waals surface area (Å²) in [4.78, 5) is 21.0. The molecule has 0 saturated carbocycles. The maximum atomic E-state index is 10.8. The van der Waals surface area contributed by atoms with Crippen LogP contribution in [0.4, 0.5) is 0 Å². The molecule has 0 spiro atoms. The number of aliphatic carboxylic acids is 1. The molecular formula is C13H17NO3. The van der Waals surface area contributed by atoms with Crippen LogP contribution >= 0.6 is 0 Å². The van der Waals surface area contributed by atoms with Gasteiger partial charge < -0.3 is 10.4 Å². The molecule has 1 rings (SSSR count). The van der Waals surface area contributed by atoms with Gasteiger partial charge in [0.15, 0.2) is 0 Å². The zero-order valence-corrected chi connectivity index (χ0v) is 9.90. The van der Waals surface area contributed by atoms with Gasteiger partial charge in [0.2, 0.25) is 0 Å². The number of hydrogen-bond acceptors (Lipinski definition) is 2. The van der Waals surface area contributed by atoms with E-state index < -0.39 is 11.9 Å². The first-order valence-corrected chi connectivity index (χ1v) is 5.72. The topological polar surface area (TPSA) is 66.4 Å². The van der Waals surface area contributed by atoms with Gasteiger partial charge in [0.25, 0.3) is 0 Å². The highest BCUT2D eigenvalue weighted by molar-refractivity contribution is 6.31. The summed E-state index contributed by atoms with van der Waals surface area (Å²) in [6, 6.07) is 8.16. The minimum atomic E-state index is -1.44. The molecule has 1 aromatic rings. The monoisotopic (exact) mass is 235 g/mol. The fourth-order valence-electron chi connectivity index (χ4n) is 1.56. The van der Waals surface area contributed by atoms with E-state index in [9.17, 15) is 9.59 Å². The molecule has 1 aromatic carbocycles. The number of rotatable bonds is 5. The van der Waals surface area contributed by atoms with Gasteiger partial charge in [-0.3, -0.25) is 4.79 Å². The molecule has 0 aliphatic heterocycles. The minimum absolute atomic E-state index is 0.345. The Hall–Kier alpha value is -1.84. The SMILES string of the molecule is CCCc1ccc(CCNC(=O)C(=O)O)cc1. The lowest BCUT2D eigenvalue weighted by Crippen LogP contribution is -2.32. The first-order chi connectivity index (χ1) is 8.13. The third kappa shape index (κ3) is 4.68. The van der Waals surface area contributed by atoms with Gasteiger partial charge in [0.05, 0.1) is 0 Å². The van der Waals surface area contributed by atoms with Crippen molar-refractivity contribution in [2.45, 2.75) is 26.2 Å². The summed E-state index contributed by atoms with van der Waals surface area (Å²) >= 11 is 0. The van der Waals surface area contributed by atoms with E-state index in [4.69, 9.17) is 5.11 Å². The van der Waals surface area contributed by atoms with E-state index in [1.807, 2.05) is 12.1 Å². The van der Waals surface area contributed by atoms with Gasteiger partial charge in [-0.25, -0.2) is 4.79 Å². The second-order valence-electron chi connectivity index (χ2n) is 3.88. The highest BCUT2D eigenvalue weighted by Gasteiger charge is 2.08. The number of nitrogens with one attached hydrogen (secondary N) is 1. The van der Waals surface area contributed by atoms with E-state index in [2.05, 4.69) is 24.4 Å². The van der Waals surface area contributed by atoms with Crippen LogP contribution in [0.3, 0.4) is 0 Å². The molecular weight excluding hydrogens is 218 g/mol. The first-order valence-electron chi connectivity index (χ1n) is 5.72. The molecule has 4 heteroatoms. The van der Waals surface area contributed by atoms with E-state index in [-0.39, 0.29) is 0 Å². The number of hydrogen-bond donors (Lipinski definition) is 2. The quantitative estimate of drug-likeness (QED) is 0.758. The molecule has 0 heterocycles. The molecule has 17 heavy (non-hydrogen) atoms. The van der Waals surface area contributed by atoms with Gasteiger partial charge in [0.1, 0.15) is 0 Å². The van der Waals surface area contributed by atoms with Crippen molar-refractivity contribution in [2.24, 2.45) is 0 Å². The van der Waals surface area contributed by atoms with Crippen molar-refractivity contribution in [2.75, 3.05) is 6.54 Å². The van der Waals surface area contributed by atoms with E-state index in [0.29, 0.717) is 13.0 Å². The van der Waals surface area contributed by atoms with Gasteiger partial charge >= 0.3 is 11.9 Å². The number of amides is 1. The van der Waals surface area contributed by atoms with Crippen molar-refractivity contribution in [3.63, 3.8) is 0 Å². The van der Waals surface area contributed by atoms with Crippen LogP contribution in [0.1, 0.15) is 24.5 Å². The lowest BCUT2D eigenvalue weighted by atomic mass is 10.1. The van der Waals surface area contributed by atoms with Gasteiger partial charge in [0, 0.05) is 6.54 Å². The molecule has 0 aliphatic rings. The summed E-state index contributed by atoms with van der Waals surface area (Å²) in [5, 5.41) is 10.7. The normalized spacial score (nSPS) is 9.94. The lowest BCUT2D eigenvalue weighted by molar-refractivity contribution is -0.150. The summed E-state index contributed by atoms with van der Waals surface area (Å²) in [7, 11) is 0. The predicted octanol–water partition coefficient (Wildman–Crippen LogP) is 1.38. The van der Waals surface area contributed by atoms with Crippen molar-refractivity contribution >= 4 is 11.9 Å². The Kier molecular flexibility index (Phi) is 5.20. The molecule has 0 fully saturated rings. The summed E-state index contributed by atoms with van der Waals surface area (Å²) in [6.45, 7) is 2.48. The molecule has 0 unspecified atom stereocenters. The Morgan fingerprint density at radius 1 is 1.12 bits per heavy atom. The second-order valence-corrected chi connectivity index (χ2v) is 3.88. The fraction of sp³-hybridized carbons (Fsp3) is 0.385. The largest absolute Gasteiger partial charge is 0.474 e. The number of benzene rings is 1. The Balaban J connectivity index is 2.37. The zero-order valence-electron chi connectivity index (χ0n) is 9.90. The van der Waals surface area contributed by atoms with Crippen LogP contribution in [-0.4, -0.2) is 23.5 Å². The maximum Gasteiger partial charge on any atom is 0.394 e. The lowest BCUT2D eigenvalue weighted by Gasteiger charge is -2.04. The molecule has 0 aliphatic carbocycles. The average Bonchev–Trinajstić information content (AvgIpc) is 2.31. The van der Waals surface area contributed by atoms with Crippen molar-refractivity contribution in [1.82, 2.24) is 5.32 Å². The number of carboxylic acid groups (broad SMARTS) is 1. The first kappa shape index (κ1) is 13.2. The van der Waals surface area contributed by atoms with Crippen LogP contribution in [0.25, 0.3) is 0 Å². The van der Waals surface area contributed by atoms with E-state index in [1.54, 1.807) is 0 Å². The Bertz CT molecular complexity index is 384. The van der Waals surface area contributed by atoms with Crippen LogP contribution in [0, 0.1) is 0 Å². The molecule has 4 nitrogen and oxygen atoms in total. The fourth-order valence-corrected chi connectivity index (χ4v) is 1.56. The van der Waals surface area contributed by atoms with Gasteiger partial charge in [-0.05, 0) is 24.0 Å². The van der Waals surface area contributed by atoms with Crippen LogP contribution < -0.4 is 5.32 Å². The standard InChI is InChI=1S/C13H17NO3/c1-2-3-10-4-6-11(7-5-10)8-9-14-12(15)13(16)17/h4-7H,2-3,8-9H2,1H3,(H,14,15)(H,16,17). The van der Waals surface area contributed by atoms with Crippen LogP contribution in [0.15, 0.2) is 24.3 Å². The van der Waals surface area contributed by atoms with Crippen molar-refractivity contribution in [1.29, 1.82) is 0 Å². The molecule has 1 amide bonds. The van der Waals surface area contributed by atoms with E-state index in [0.717, 1.165) is 18.4 Å². The summed E-state index contributed by atoms with van der Waals surface area (Å²) in [5.74, 6) is -2.39. The second kappa shape index (κ2) is 6.68. The Morgan fingerprint density at radius 2 is 1.65 bits per heavy atom. The molecule has 0 atom stereocenters. The van der Waals surface area contributed by atoms with Gasteiger partial charge in [-0.1, -0.05) is 37.6 Å². The number of carboxylic acids is 1. The molecule has 2 N–H and O–H groups in total. The third-order valence-electron chi connectivity index (χ3n) is 2.46. The summed E-state index contributed by atoms with van der Waals surface area (Å²) in [5.41, 5.74) is 2.39. The predicted molar refractivity (Wildman–Crippen MR) is 64.8 cm³/mol. The summed E-state index contributed by atoms with van der Waals surface area (Å²) < 4.78 is 0. The smallest absolute Gasteiger partial charge is 0.394 e. The molecule has 0 aromatic heterocycles. The van der Waals surface area contributed by atoms with Crippen molar-refractivity contribution < 1.29 is 14.7 Å². The minimum Gasteiger partial charge on any atom is -0.474 e. The maximum absolute atomic E-state index is 10.8. The molecule has 0 bridgehead atoms. The van der Waals surface area contributed by atoms with E-state index in [1.165, 1.54) is 5.56 Å². The highest BCUT2D eigenvalue weighted by Crippen LogP contribution is 2.06. The van der Waals surface area contributed by atoms with E-state index >= 15 is 0 Å². The van der Waals surface area contributed by atoms with Crippen LogP contribution in [-0.2, 0) is 22.4 Å². The van der Waals surface area contributed by atoms with Crippen molar-refractivity contribution in [3.8, 4) is 0 Å². The Morgan fingerprint density at radius 3 is 2.12 bits per heavy atom. The Labute approximate surface area is 101 Å². The van der Waals surface area contributed by atoms with Gasteiger partial charge in [-0.2, -0.15) is 0 Å². The zero-order chi connectivity index (χ0) is 12.7. The molecule has 92 valence electrons. The molecule has 0 saturated heterocycles. The third-order valence-corrected chi connectivity index (χ3v) is 2.46. The molecule has 0 radical (unpaired) electrons. The highest BCUT2D eigenvalue weighted by atomic mass is 16.4. The average molecular weight is 235 g/mol.